The molecule has 1 amide bonds. The minimum absolute atomic E-state index is 0. The first-order valence-electron chi connectivity index (χ1n) is 7.78. The molecular formula is C15H28IN5O2S. The van der Waals surface area contributed by atoms with E-state index in [-0.39, 0.29) is 36.4 Å². The second kappa shape index (κ2) is 13.4. The molecule has 0 saturated carbocycles. The van der Waals surface area contributed by atoms with Crippen LogP contribution in [0.25, 0.3) is 0 Å². The third-order valence-corrected chi connectivity index (χ3v) is 3.79. The molecule has 0 bridgehead atoms. The third kappa shape index (κ3) is 9.38. The Morgan fingerprint density at radius 1 is 1.38 bits per heavy atom. The van der Waals surface area contributed by atoms with Crippen LogP contribution < -0.4 is 16.0 Å². The Hall–Kier alpha value is -0.940. The van der Waals surface area contributed by atoms with Crippen molar-refractivity contribution in [2.75, 3.05) is 33.4 Å². The van der Waals surface area contributed by atoms with Gasteiger partial charge in [-0.15, -0.1) is 35.3 Å². The summed E-state index contributed by atoms with van der Waals surface area (Å²) in [6.45, 7) is 8.62. The van der Waals surface area contributed by atoms with Crippen LogP contribution in [0.15, 0.2) is 10.4 Å². The van der Waals surface area contributed by atoms with E-state index in [2.05, 4.69) is 45.2 Å². The zero-order valence-corrected chi connectivity index (χ0v) is 17.9. The molecule has 0 saturated heterocycles. The van der Waals surface area contributed by atoms with Crippen LogP contribution >= 0.6 is 35.3 Å². The minimum Gasteiger partial charge on any atom is -0.383 e. The highest BCUT2D eigenvalue weighted by Crippen LogP contribution is 2.17. The molecule has 0 spiro atoms. The number of methoxy groups -OCH3 is 1. The average Bonchev–Trinajstić information content (AvgIpc) is 2.99. The highest BCUT2D eigenvalue weighted by molar-refractivity contribution is 14.0. The van der Waals surface area contributed by atoms with E-state index >= 15 is 0 Å². The summed E-state index contributed by atoms with van der Waals surface area (Å²) in [6, 6.07) is 0. The SMILES string of the molecule is CCNC(=NCC(=O)NCCOC)NCc1nc(C(C)C)cs1.I. The van der Waals surface area contributed by atoms with E-state index in [1.807, 2.05) is 6.92 Å². The summed E-state index contributed by atoms with van der Waals surface area (Å²) in [5.41, 5.74) is 1.10. The van der Waals surface area contributed by atoms with Crippen LogP contribution in [0, 0.1) is 0 Å². The van der Waals surface area contributed by atoms with Crippen LogP contribution in [-0.4, -0.2) is 50.2 Å². The third-order valence-electron chi connectivity index (χ3n) is 2.92. The fourth-order valence-electron chi connectivity index (χ4n) is 1.67. The number of amides is 1. The van der Waals surface area contributed by atoms with E-state index in [1.165, 1.54) is 0 Å². The van der Waals surface area contributed by atoms with Crippen molar-refractivity contribution in [3.63, 3.8) is 0 Å². The summed E-state index contributed by atoms with van der Waals surface area (Å²) in [4.78, 5) is 20.5. The van der Waals surface area contributed by atoms with Crippen molar-refractivity contribution in [3.8, 4) is 0 Å². The number of carbonyl (C=O) groups is 1. The van der Waals surface area contributed by atoms with E-state index in [1.54, 1.807) is 18.4 Å². The maximum absolute atomic E-state index is 11.6. The molecule has 0 aliphatic rings. The summed E-state index contributed by atoms with van der Waals surface area (Å²) in [6.07, 6.45) is 0. The van der Waals surface area contributed by atoms with Gasteiger partial charge in [-0.05, 0) is 12.8 Å². The van der Waals surface area contributed by atoms with Crippen LogP contribution in [-0.2, 0) is 16.1 Å². The van der Waals surface area contributed by atoms with Crippen molar-refractivity contribution in [2.45, 2.75) is 33.2 Å². The fourth-order valence-corrected chi connectivity index (χ4v) is 2.57. The number of nitrogens with zero attached hydrogens (tertiary/aromatic N) is 2. The minimum atomic E-state index is -0.129. The zero-order chi connectivity index (χ0) is 17.1. The molecule has 0 atom stereocenters. The van der Waals surface area contributed by atoms with Gasteiger partial charge in [0, 0.05) is 25.6 Å². The quantitative estimate of drug-likeness (QED) is 0.222. The summed E-state index contributed by atoms with van der Waals surface area (Å²) in [5.74, 6) is 0.906. The number of aromatic nitrogens is 1. The van der Waals surface area contributed by atoms with Crippen molar-refractivity contribution in [1.29, 1.82) is 0 Å². The molecule has 1 heterocycles. The Kier molecular flexibility index (Phi) is 12.8. The number of thiazole rings is 1. The highest BCUT2D eigenvalue weighted by Gasteiger charge is 2.07. The predicted octanol–water partition coefficient (Wildman–Crippen LogP) is 1.70. The Morgan fingerprint density at radius 2 is 2.12 bits per heavy atom. The lowest BCUT2D eigenvalue weighted by Gasteiger charge is -2.10. The first-order valence-corrected chi connectivity index (χ1v) is 8.66. The van der Waals surface area contributed by atoms with Gasteiger partial charge in [0.25, 0.3) is 0 Å². The van der Waals surface area contributed by atoms with E-state index < -0.39 is 0 Å². The van der Waals surface area contributed by atoms with Gasteiger partial charge in [0.1, 0.15) is 11.6 Å². The van der Waals surface area contributed by atoms with Crippen molar-refractivity contribution in [2.24, 2.45) is 4.99 Å². The molecule has 1 aromatic heterocycles. The summed E-state index contributed by atoms with van der Waals surface area (Å²) in [7, 11) is 1.60. The van der Waals surface area contributed by atoms with Crippen molar-refractivity contribution < 1.29 is 9.53 Å². The van der Waals surface area contributed by atoms with Crippen molar-refractivity contribution in [1.82, 2.24) is 20.9 Å². The second-order valence-corrected chi connectivity index (χ2v) is 6.15. The van der Waals surface area contributed by atoms with Crippen molar-refractivity contribution in [3.05, 3.63) is 16.1 Å². The van der Waals surface area contributed by atoms with Crippen LogP contribution in [0.5, 0.6) is 0 Å². The normalized spacial score (nSPS) is 11.1. The zero-order valence-electron chi connectivity index (χ0n) is 14.7. The van der Waals surface area contributed by atoms with Gasteiger partial charge >= 0.3 is 0 Å². The van der Waals surface area contributed by atoms with E-state index in [0.717, 1.165) is 17.2 Å². The molecule has 0 aromatic carbocycles. The molecule has 0 aliphatic heterocycles. The monoisotopic (exact) mass is 469 g/mol. The molecular weight excluding hydrogens is 441 g/mol. The highest BCUT2D eigenvalue weighted by atomic mass is 127. The lowest BCUT2D eigenvalue weighted by Crippen LogP contribution is -2.38. The summed E-state index contributed by atoms with van der Waals surface area (Å²) in [5, 5.41) is 12.1. The van der Waals surface area contributed by atoms with E-state index in [0.29, 0.717) is 31.6 Å². The lowest BCUT2D eigenvalue weighted by molar-refractivity contribution is -0.119. The number of aliphatic imine (C=N–C) groups is 1. The maximum atomic E-state index is 11.6. The van der Waals surface area contributed by atoms with Gasteiger partial charge in [0.2, 0.25) is 5.91 Å². The lowest BCUT2D eigenvalue weighted by atomic mass is 10.2. The fraction of sp³-hybridized carbons (Fsp3) is 0.667. The molecule has 9 heteroatoms. The number of guanidine groups is 1. The number of carbonyl (C=O) groups excluding carboxylic acids is 1. The Morgan fingerprint density at radius 3 is 2.71 bits per heavy atom. The Balaban J connectivity index is 0.00000529. The van der Waals surface area contributed by atoms with Crippen molar-refractivity contribution >= 4 is 47.2 Å². The standard InChI is InChI=1S/C15H27N5O2S.HI/c1-5-16-15(18-8-13(21)17-6-7-22-4)19-9-14-20-12(10-23-14)11(2)3;/h10-11H,5-9H2,1-4H3,(H,17,21)(H2,16,18,19);1H. The maximum Gasteiger partial charge on any atom is 0.241 e. The van der Waals surface area contributed by atoms with Crippen LogP contribution in [0.2, 0.25) is 0 Å². The average molecular weight is 469 g/mol. The molecule has 0 fully saturated rings. The number of halogens is 1. The molecule has 24 heavy (non-hydrogen) atoms. The summed E-state index contributed by atoms with van der Waals surface area (Å²) < 4.78 is 4.88. The topological polar surface area (TPSA) is 87.6 Å². The first-order chi connectivity index (χ1) is 11.1. The van der Waals surface area contributed by atoms with Gasteiger partial charge in [-0.25, -0.2) is 9.98 Å². The molecule has 3 N–H and O–H groups in total. The van der Waals surface area contributed by atoms with E-state index in [4.69, 9.17) is 4.74 Å². The van der Waals surface area contributed by atoms with Gasteiger partial charge in [0.05, 0.1) is 18.8 Å². The van der Waals surface area contributed by atoms with E-state index in [9.17, 15) is 4.79 Å². The molecule has 7 nitrogen and oxygen atoms in total. The first kappa shape index (κ1) is 23.1. The van der Waals surface area contributed by atoms with Gasteiger partial charge in [-0.1, -0.05) is 13.8 Å². The van der Waals surface area contributed by atoms with Gasteiger partial charge in [-0.2, -0.15) is 0 Å². The molecule has 1 aromatic rings. The number of ether oxygens (including phenoxy) is 1. The van der Waals surface area contributed by atoms with Crippen LogP contribution in [0.1, 0.15) is 37.4 Å². The van der Waals surface area contributed by atoms with Crippen LogP contribution in [0.4, 0.5) is 0 Å². The number of hydrogen-bond donors (Lipinski definition) is 3. The number of nitrogens with one attached hydrogen (secondary N) is 3. The molecule has 0 aliphatic carbocycles. The predicted molar refractivity (Wildman–Crippen MR) is 109 cm³/mol. The number of rotatable bonds is 9. The second-order valence-electron chi connectivity index (χ2n) is 5.21. The molecule has 0 unspecified atom stereocenters. The molecule has 138 valence electrons. The molecule has 1 rings (SSSR count). The largest absolute Gasteiger partial charge is 0.383 e. The van der Waals surface area contributed by atoms with Gasteiger partial charge in [0.15, 0.2) is 5.96 Å². The number of hydrogen-bond acceptors (Lipinski definition) is 5. The molecule has 0 radical (unpaired) electrons. The summed E-state index contributed by atoms with van der Waals surface area (Å²) >= 11 is 1.63. The van der Waals surface area contributed by atoms with Gasteiger partial charge in [-0.3, -0.25) is 4.79 Å². The van der Waals surface area contributed by atoms with Crippen LogP contribution in [0.3, 0.4) is 0 Å². The Bertz CT molecular complexity index is 508. The van der Waals surface area contributed by atoms with Gasteiger partial charge < -0.3 is 20.7 Å². The Labute approximate surface area is 165 Å². The smallest absolute Gasteiger partial charge is 0.241 e.